The van der Waals surface area contributed by atoms with E-state index >= 15 is 0 Å². The molecule has 6 heteroatoms. The van der Waals surface area contributed by atoms with Crippen LogP contribution in [0.1, 0.15) is 53.4 Å². The average Bonchev–Trinajstić information content (AvgIpc) is 3.41. The summed E-state index contributed by atoms with van der Waals surface area (Å²) >= 11 is 0. The van der Waals surface area contributed by atoms with Gasteiger partial charge in [0, 0.05) is 58.2 Å². The van der Waals surface area contributed by atoms with Crippen molar-refractivity contribution in [2.24, 2.45) is 4.99 Å². The van der Waals surface area contributed by atoms with Crippen molar-refractivity contribution in [1.82, 2.24) is 15.5 Å². The van der Waals surface area contributed by atoms with Crippen LogP contribution < -0.4 is 10.6 Å². The Morgan fingerprint density at radius 1 is 1.37 bits per heavy atom. The standard InChI is InChI=1S/C17H28N4O.C2H6O.C2H6/c1-4-6-15-16(13(2)20-14-7-8-14)11-21(17(15)18-3)10-5-9-19-12-22;1-3-2;1-2/h6,11-14,20H,4-5,7-10H2,1-3H3,(H,19,22);1-2H3;1-2H3/b15-6-,18-17?;;. The van der Waals surface area contributed by atoms with Gasteiger partial charge in [-0.05, 0) is 38.2 Å². The van der Waals surface area contributed by atoms with E-state index in [9.17, 15) is 4.79 Å². The van der Waals surface area contributed by atoms with E-state index in [1.54, 1.807) is 14.2 Å². The van der Waals surface area contributed by atoms with E-state index in [1.165, 1.54) is 24.0 Å². The van der Waals surface area contributed by atoms with Crippen molar-refractivity contribution >= 4 is 12.2 Å². The molecule has 2 rings (SSSR count). The van der Waals surface area contributed by atoms with Crippen LogP contribution in [0.2, 0.25) is 0 Å². The number of ether oxygens (including phenoxy) is 1. The van der Waals surface area contributed by atoms with Gasteiger partial charge < -0.3 is 20.3 Å². The molecule has 1 fully saturated rings. The van der Waals surface area contributed by atoms with Crippen LogP contribution in [-0.2, 0) is 9.53 Å². The highest BCUT2D eigenvalue weighted by atomic mass is 16.4. The monoisotopic (exact) mass is 380 g/mol. The summed E-state index contributed by atoms with van der Waals surface area (Å²) in [6, 6.07) is 1.03. The molecule has 1 amide bonds. The topological polar surface area (TPSA) is 66.0 Å². The maximum absolute atomic E-state index is 10.3. The molecule has 0 aromatic rings. The lowest BCUT2D eigenvalue weighted by Crippen LogP contribution is -2.30. The van der Waals surface area contributed by atoms with Gasteiger partial charge in [0.2, 0.25) is 6.41 Å². The zero-order valence-corrected chi connectivity index (χ0v) is 18.3. The largest absolute Gasteiger partial charge is 0.388 e. The second kappa shape index (κ2) is 15.4. The van der Waals surface area contributed by atoms with Gasteiger partial charge in [0.05, 0.1) is 0 Å². The number of methoxy groups -OCH3 is 1. The summed E-state index contributed by atoms with van der Waals surface area (Å²) in [5.41, 5.74) is 2.59. The first kappa shape index (κ1) is 25.3. The number of amidine groups is 1. The molecule has 0 radical (unpaired) electrons. The maximum Gasteiger partial charge on any atom is 0.207 e. The molecule has 0 saturated heterocycles. The van der Waals surface area contributed by atoms with Crippen molar-refractivity contribution in [2.45, 2.75) is 65.5 Å². The first-order chi connectivity index (χ1) is 13.1. The highest BCUT2D eigenvalue weighted by Crippen LogP contribution is 2.29. The Balaban J connectivity index is 0.00000123. The Morgan fingerprint density at radius 3 is 2.48 bits per heavy atom. The van der Waals surface area contributed by atoms with Gasteiger partial charge in [0.25, 0.3) is 0 Å². The fraction of sp³-hybridized carbons (Fsp3) is 0.714. The molecular formula is C21H40N4O2. The number of allylic oxidation sites excluding steroid dienone is 1. The molecule has 0 bridgehead atoms. The second-order valence-corrected chi connectivity index (χ2v) is 6.35. The van der Waals surface area contributed by atoms with Crippen molar-refractivity contribution in [1.29, 1.82) is 0 Å². The van der Waals surface area contributed by atoms with E-state index < -0.39 is 0 Å². The van der Waals surface area contributed by atoms with E-state index in [4.69, 9.17) is 0 Å². The zero-order chi connectivity index (χ0) is 20.7. The van der Waals surface area contributed by atoms with Crippen LogP contribution in [0.4, 0.5) is 0 Å². The van der Waals surface area contributed by atoms with Crippen LogP contribution in [0.25, 0.3) is 0 Å². The van der Waals surface area contributed by atoms with Gasteiger partial charge in [-0.1, -0.05) is 26.8 Å². The number of carbonyl (C=O) groups excluding carboxylic acids is 1. The summed E-state index contributed by atoms with van der Waals surface area (Å²) in [5.74, 6) is 1.05. The van der Waals surface area contributed by atoms with Crippen LogP contribution in [0.3, 0.4) is 0 Å². The number of hydrogen-bond acceptors (Lipinski definition) is 4. The molecule has 1 saturated carbocycles. The molecule has 0 aromatic carbocycles. The molecule has 1 aliphatic carbocycles. The Hall–Kier alpha value is -1.66. The first-order valence-electron chi connectivity index (χ1n) is 10.1. The minimum absolute atomic E-state index is 0.347. The third-order valence-electron chi connectivity index (χ3n) is 4.07. The second-order valence-electron chi connectivity index (χ2n) is 6.35. The molecule has 1 aliphatic heterocycles. The lowest BCUT2D eigenvalue weighted by Gasteiger charge is -2.17. The van der Waals surface area contributed by atoms with E-state index in [1.807, 2.05) is 20.9 Å². The Kier molecular flexibility index (Phi) is 14.5. The van der Waals surface area contributed by atoms with Gasteiger partial charge in [-0.3, -0.25) is 9.79 Å². The van der Waals surface area contributed by atoms with Crippen LogP contribution in [0.15, 0.2) is 28.4 Å². The van der Waals surface area contributed by atoms with E-state index in [-0.39, 0.29) is 0 Å². The number of nitrogens with zero attached hydrogens (tertiary/aromatic N) is 2. The predicted molar refractivity (Wildman–Crippen MR) is 115 cm³/mol. The van der Waals surface area contributed by atoms with Gasteiger partial charge in [-0.2, -0.15) is 0 Å². The number of nitrogens with one attached hydrogen (secondary N) is 2. The first-order valence-corrected chi connectivity index (χ1v) is 10.1. The molecule has 1 unspecified atom stereocenters. The fourth-order valence-corrected chi connectivity index (χ4v) is 2.86. The summed E-state index contributed by atoms with van der Waals surface area (Å²) in [6.07, 6.45) is 9.74. The van der Waals surface area contributed by atoms with Crippen molar-refractivity contribution in [2.75, 3.05) is 34.4 Å². The normalized spacial score (nSPS) is 19.7. The van der Waals surface area contributed by atoms with E-state index in [0.29, 0.717) is 18.6 Å². The molecule has 0 aromatic heterocycles. The van der Waals surface area contributed by atoms with Crippen LogP contribution in [0, 0.1) is 0 Å². The van der Waals surface area contributed by atoms with Gasteiger partial charge in [-0.15, -0.1) is 0 Å². The average molecular weight is 381 g/mol. The Morgan fingerprint density at radius 2 is 2.00 bits per heavy atom. The lowest BCUT2D eigenvalue weighted by atomic mass is 10.0. The number of amides is 1. The highest BCUT2D eigenvalue weighted by molar-refractivity contribution is 6.05. The summed E-state index contributed by atoms with van der Waals surface area (Å²) < 4.78 is 4.25. The van der Waals surface area contributed by atoms with Gasteiger partial charge in [-0.25, -0.2) is 0 Å². The quantitative estimate of drug-likeness (QED) is 0.476. The number of hydrogen-bond donors (Lipinski definition) is 2. The molecule has 1 atom stereocenters. The SMILES string of the molecule is CC.CC/C=C1/C(C(C)NC2CC2)=CN(CCCNC=O)C1=NC.COC. The molecular weight excluding hydrogens is 340 g/mol. The molecule has 6 nitrogen and oxygen atoms in total. The molecule has 0 spiro atoms. The van der Waals surface area contributed by atoms with Crippen LogP contribution >= 0.6 is 0 Å². The highest BCUT2D eigenvalue weighted by Gasteiger charge is 2.31. The third kappa shape index (κ3) is 9.20. The minimum Gasteiger partial charge on any atom is -0.388 e. The molecule has 2 aliphatic rings. The fourth-order valence-electron chi connectivity index (χ4n) is 2.86. The summed E-state index contributed by atoms with van der Waals surface area (Å²) in [6.45, 7) is 9.96. The van der Waals surface area contributed by atoms with Crippen LogP contribution in [0.5, 0.6) is 0 Å². The van der Waals surface area contributed by atoms with Crippen molar-refractivity contribution in [3.63, 3.8) is 0 Å². The Labute approximate surface area is 166 Å². The van der Waals surface area contributed by atoms with Gasteiger partial charge in [0.15, 0.2) is 0 Å². The maximum atomic E-state index is 10.3. The van der Waals surface area contributed by atoms with Crippen molar-refractivity contribution in [3.05, 3.63) is 23.4 Å². The van der Waals surface area contributed by atoms with Crippen LogP contribution in [-0.4, -0.2) is 63.6 Å². The zero-order valence-electron chi connectivity index (χ0n) is 18.3. The lowest BCUT2D eigenvalue weighted by molar-refractivity contribution is -0.109. The Bertz CT molecular complexity index is 496. The number of aliphatic imine (C=N–C) groups is 1. The summed E-state index contributed by atoms with van der Waals surface area (Å²) in [4.78, 5) is 17.0. The van der Waals surface area contributed by atoms with E-state index in [0.717, 1.165) is 31.6 Å². The van der Waals surface area contributed by atoms with Crippen molar-refractivity contribution in [3.8, 4) is 0 Å². The van der Waals surface area contributed by atoms with Crippen molar-refractivity contribution < 1.29 is 9.53 Å². The van der Waals surface area contributed by atoms with E-state index in [2.05, 4.69) is 51.4 Å². The smallest absolute Gasteiger partial charge is 0.207 e. The number of carbonyl (C=O) groups is 1. The van der Waals surface area contributed by atoms with Gasteiger partial charge in [0.1, 0.15) is 5.84 Å². The number of rotatable bonds is 9. The molecule has 27 heavy (non-hydrogen) atoms. The molecule has 156 valence electrons. The minimum atomic E-state index is 0.347. The van der Waals surface area contributed by atoms with Gasteiger partial charge >= 0.3 is 0 Å². The molecule has 2 N–H and O–H groups in total. The summed E-state index contributed by atoms with van der Waals surface area (Å²) in [7, 11) is 5.10. The third-order valence-corrected chi connectivity index (χ3v) is 4.07. The summed E-state index contributed by atoms with van der Waals surface area (Å²) in [5, 5.41) is 6.39. The molecule has 1 heterocycles. The predicted octanol–water partition coefficient (Wildman–Crippen LogP) is 3.12.